The number of ether oxygens (including phenoxy) is 2. The zero-order valence-corrected chi connectivity index (χ0v) is 14.1. The van der Waals surface area contributed by atoms with Crippen LogP contribution in [0.15, 0.2) is 29.7 Å². The van der Waals surface area contributed by atoms with E-state index < -0.39 is 0 Å². The van der Waals surface area contributed by atoms with Gasteiger partial charge >= 0.3 is 0 Å². The number of benzene rings is 1. The van der Waals surface area contributed by atoms with Gasteiger partial charge in [0.2, 0.25) is 5.91 Å². The number of hydrogen-bond acceptors (Lipinski definition) is 6. The second kappa shape index (κ2) is 6.35. The van der Waals surface area contributed by atoms with Gasteiger partial charge in [0.15, 0.2) is 16.7 Å². The summed E-state index contributed by atoms with van der Waals surface area (Å²) in [7, 11) is 0. The SMILES string of the molecule is CC(Sc1nncn1C1CC1)C(=O)Nc1ccc2c(c1)OCCO2. The molecule has 2 aliphatic rings. The molecule has 1 amide bonds. The minimum atomic E-state index is -0.278. The molecule has 1 atom stereocenters. The van der Waals surface area contributed by atoms with E-state index in [1.54, 1.807) is 12.4 Å². The summed E-state index contributed by atoms with van der Waals surface area (Å²) in [6, 6.07) is 5.91. The van der Waals surface area contributed by atoms with Crippen LogP contribution in [-0.4, -0.2) is 39.1 Å². The van der Waals surface area contributed by atoms with Crippen LogP contribution in [-0.2, 0) is 4.79 Å². The Hall–Kier alpha value is -2.22. The fraction of sp³-hybridized carbons (Fsp3) is 0.438. The quantitative estimate of drug-likeness (QED) is 0.838. The van der Waals surface area contributed by atoms with Crippen molar-refractivity contribution in [1.82, 2.24) is 14.8 Å². The lowest BCUT2D eigenvalue weighted by Gasteiger charge is -2.19. The number of nitrogens with one attached hydrogen (secondary N) is 1. The molecule has 2 aromatic rings. The Labute approximate surface area is 143 Å². The van der Waals surface area contributed by atoms with Crippen molar-refractivity contribution < 1.29 is 14.3 Å². The highest BCUT2D eigenvalue weighted by molar-refractivity contribution is 8.00. The van der Waals surface area contributed by atoms with Crippen LogP contribution in [0.2, 0.25) is 0 Å². The first-order valence-electron chi connectivity index (χ1n) is 7.97. The van der Waals surface area contributed by atoms with Gasteiger partial charge in [0, 0.05) is 17.8 Å². The third-order valence-corrected chi connectivity index (χ3v) is 5.01. The Balaban J connectivity index is 1.41. The first kappa shape index (κ1) is 15.3. The highest BCUT2D eigenvalue weighted by Gasteiger charge is 2.28. The number of fused-ring (bicyclic) bond motifs is 1. The molecule has 4 rings (SSSR count). The topological polar surface area (TPSA) is 78.3 Å². The molecule has 1 saturated carbocycles. The zero-order chi connectivity index (χ0) is 16.5. The Kier molecular flexibility index (Phi) is 4.05. The number of rotatable bonds is 5. The van der Waals surface area contributed by atoms with Crippen molar-refractivity contribution in [3.63, 3.8) is 0 Å². The first-order chi connectivity index (χ1) is 11.7. The van der Waals surface area contributed by atoms with Crippen molar-refractivity contribution in [1.29, 1.82) is 0 Å². The Morgan fingerprint density at radius 2 is 2.12 bits per heavy atom. The molecule has 0 radical (unpaired) electrons. The van der Waals surface area contributed by atoms with Crippen LogP contribution in [0.3, 0.4) is 0 Å². The Bertz CT molecular complexity index is 760. The van der Waals surface area contributed by atoms with E-state index in [2.05, 4.69) is 20.1 Å². The molecular weight excluding hydrogens is 328 g/mol. The van der Waals surface area contributed by atoms with E-state index in [9.17, 15) is 4.79 Å². The molecule has 0 saturated heterocycles. The average molecular weight is 346 g/mol. The smallest absolute Gasteiger partial charge is 0.237 e. The number of aromatic nitrogens is 3. The van der Waals surface area contributed by atoms with Gasteiger partial charge in [0.05, 0.1) is 5.25 Å². The third kappa shape index (κ3) is 3.19. The van der Waals surface area contributed by atoms with Crippen molar-refractivity contribution in [2.45, 2.75) is 36.2 Å². The minimum absolute atomic E-state index is 0.0815. The van der Waals surface area contributed by atoms with Crippen LogP contribution in [0.5, 0.6) is 11.5 Å². The highest BCUT2D eigenvalue weighted by atomic mass is 32.2. The molecule has 1 aliphatic heterocycles. The molecule has 126 valence electrons. The summed E-state index contributed by atoms with van der Waals surface area (Å²) in [5.41, 5.74) is 0.695. The van der Waals surface area contributed by atoms with Gasteiger partial charge in [-0.05, 0) is 31.9 Å². The zero-order valence-electron chi connectivity index (χ0n) is 13.3. The van der Waals surface area contributed by atoms with Crippen molar-refractivity contribution in [3.05, 3.63) is 24.5 Å². The number of nitrogens with zero attached hydrogens (tertiary/aromatic N) is 3. The summed E-state index contributed by atoms with van der Waals surface area (Å²) in [6.07, 6.45) is 4.05. The number of carbonyl (C=O) groups is 1. The van der Waals surface area contributed by atoms with E-state index in [0.717, 1.165) is 18.0 Å². The van der Waals surface area contributed by atoms with Crippen molar-refractivity contribution in [2.75, 3.05) is 18.5 Å². The fourth-order valence-corrected chi connectivity index (χ4v) is 3.39. The summed E-state index contributed by atoms with van der Waals surface area (Å²) < 4.78 is 13.1. The van der Waals surface area contributed by atoms with Gasteiger partial charge in [-0.25, -0.2) is 0 Å². The molecule has 1 aliphatic carbocycles. The maximum atomic E-state index is 12.4. The van der Waals surface area contributed by atoms with Gasteiger partial charge in [-0.1, -0.05) is 11.8 Å². The largest absolute Gasteiger partial charge is 0.486 e. The van der Waals surface area contributed by atoms with Crippen LogP contribution in [0, 0.1) is 0 Å². The second-order valence-corrected chi connectivity index (χ2v) is 7.17. The maximum absolute atomic E-state index is 12.4. The molecule has 2 heterocycles. The lowest BCUT2D eigenvalue weighted by atomic mass is 10.2. The molecule has 0 spiro atoms. The fourth-order valence-electron chi connectivity index (χ4n) is 2.50. The van der Waals surface area contributed by atoms with Crippen molar-refractivity contribution >= 4 is 23.4 Å². The Morgan fingerprint density at radius 1 is 1.33 bits per heavy atom. The number of anilines is 1. The predicted molar refractivity (Wildman–Crippen MR) is 89.7 cm³/mol. The third-order valence-electron chi connectivity index (χ3n) is 3.94. The summed E-state index contributed by atoms with van der Waals surface area (Å²) in [4.78, 5) is 12.4. The number of carbonyl (C=O) groups excluding carboxylic acids is 1. The minimum Gasteiger partial charge on any atom is -0.486 e. The molecule has 8 heteroatoms. The molecule has 24 heavy (non-hydrogen) atoms. The average Bonchev–Trinajstić information content (AvgIpc) is 3.34. The van der Waals surface area contributed by atoms with Gasteiger partial charge in [-0.15, -0.1) is 10.2 Å². The van der Waals surface area contributed by atoms with Gasteiger partial charge in [-0.3, -0.25) is 4.79 Å². The number of hydrogen-bond donors (Lipinski definition) is 1. The Morgan fingerprint density at radius 3 is 2.92 bits per heavy atom. The molecule has 7 nitrogen and oxygen atoms in total. The summed E-state index contributed by atoms with van der Waals surface area (Å²) in [6.45, 7) is 2.94. The van der Waals surface area contributed by atoms with Crippen molar-refractivity contribution in [2.24, 2.45) is 0 Å². The second-order valence-electron chi connectivity index (χ2n) is 5.86. The van der Waals surface area contributed by atoms with Crippen molar-refractivity contribution in [3.8, 4) is 11.5 Å². The summed E-state index contributed by atoms with van der Waals surface area (Å²) >= 11 is 1.42. The van der Waals surface area contributed by atoms with E-state index in [4.69, 9.17) is 9.47 Å². The van der Waals surface area contributed by atoms with Crippen LogP contribution in [0.4, 0.5) is 5.69 Å². The standard InChI is InChI=1S/C16H18N4O3S/c1-10(24-16-19-17-9-20(16)12-3-4-12)15(21)18-11-2-5-13-14(8-11)23-7-6-22-13/h2,5,8-10,12H,3-4,6-7H2,1H3,(H,18,21). The first-order valence-corrected chi connectivity index (χ1v) is 8.85. The van der Waals surface area contributed by atoms with Gasteiger partial charge in [0.25, 0.3) is 0 Å². The molecule has 1 unspecified atom stereocenters. The van der Waals surface area contributed by atoms with E-state index in [1.807, 2.05) is 19.1 Å². The molecule has 0 bridgehead atoms. The van der Waals surface area contributed by atoms with Gasteiger partial charge in [-0.2, -0.15) is 0 Å². The highest BCUT2D eigenvalue weighted by Crippen LogP contribution is 2.38. The lowest BCUT2D eigenvalue weighted by Crippen LogP contribution is -2.23. The predicted octanol–water partition coefficient (Wildman–Crippen LogP) is 2.50. The van der Waals surface area contributed by atoms with Crippen LogP contribution >= 0.6 is 11.8 Å². The maximum Gasteiger partial charge on any atom is 0.237 e. The monoisotopic (exact) mass is 346 g/mol. The molecular formula is C16H18N4O3S. The molecule has 1 fully saturated rings. The summed E-state index contributed by atoms with van der Waals surface area (Å²) in [5.74, 6) is 1.29. The van der Waals surface area contributed by atoms with E-state index in [-0.39, 0.29) is 11.2 Å². The number of thioether (sulfide) groups is 1. The molecule has 1 aromatic heterocycles. The van der Waals surface area contributed by atoms with Crippen LogP contribution in [0.25, 0.3) is 0 Å². The number of amides is 1. The summed E-state index contributed by atoms with van der Waals surface area (Å²) in [5, 5.41) is 11.5. The van der Waals surface area contributed by atoms with Gasteiger partial charge < -0.3 is 19.4 Å². The van der Waals surface area contributed by atoms with E-state index >= 15 is 0 Å². The molecule has 1 N–H and O–H groups in total. The normalized spacial score (nSPS) is 17.4. The van der Waals surface area contributed by atoms with Gasteiger partial charge in [0.1, 0.15) is 19.5 Å². The lowest BCUT2D eigenvalue weighted by molar-refractivity contribution is -0.115. The van der Waals surface area contributed by atoms with Crippen LogP contribution < -0.4 is 14.8 Å². The molecule has 1 aromatic carbocycles. The van der Waals surface area contributed by atoms with E-state index in [0.29, 0.717) is 36.4 Å². The van der Waals surface area contributed by atoms with E-state index in [1.165, 1.54) is 11.8 Å². The van der Waals surface area contributed by atoms with Crippen LogP contribution in [0.1, 0.15) is 25.8 Å².